The SMILES string of the molecule is O=C(CCC[C@@H](c1ccncc1Cl)C1CCCCC1)CCC[C@@H](c1ccncc1Cl)C1CCCCC1. The van der Waals surface area contributed by atoms with Gasteiger partial charge in [0.25, 0.3) is 0 Å². The standard InChI is InChI=1S/C31H42Cl2N2O/c32-30-21-34-19-17-28(30)26(23-9-3-1-4-10-23)15-7-13-25(36)14-8-16-27(24-11-5-2-6-12-24)29-18-20-35-22-31(29)33/h17-24,26-27H,1-16H2/t26-,27-/m1/s1. The summed E-state index contributed by atoms with van der Waals surface area (Å²) in [5.41, 5.74) is 2.46. The molecule has 2 heterocycles. The van der Waals surface area contributed by atoms with Crippen LogP contribution in [0.15, 0.2) is 36.9 Å². The van der Waals surface area contributed by atoms with E-state index in [1.165, 1.54) is 75.3 Å². The second-order valence-electron chi connectivity index (χ2n) is 11.1. The van der Waals surface area contributed by atoms with Crippen molar-refractivity contribution in [3.05, 3.63) is 58.1 Å². The Hall–Kier alpha value is -1.45. The van der Waals surface area contributed by atoms with Crippen LogP contribution < -0.4 is 0 Å². The third-order valence-electron chi connectivity index (χ3n) is 8.79. The highest BCUT2D eigenvalue weighted by Gasteiger charge is 2.28. The van der Waals surface area contributed by atoms with Crippen molar-refractivity contribution in [2.24, 2.45) is 11.8 Å². The molecule has 2 aliphatic carbocycles. The largest absolute Gasteiger partial charge is 0.300 e. The van der Waals surface area contributed by atoms with Gasteiger partial charge in [-0.2, -0.15) is 0 Å². The van der Waals surface area contributed by atoms with Crippen LogP contribution in [0, 0.1) is 11.8 Å². The van der Waals surface area contributed by atoms with Gasteiger partial charge in [0.1, 0.15) is 5.78 Å². The maximum atomic E-state index is 12.9. The van der Waals surface area contributed by atoms with Crippen molar-refractivity contribution in [2.45, 2.75) is 115 Å². The lowest BCUT2D eigenvalue weighted by atomic mass is 9.74. The van der Waals surface area contributed by atoms with Crippen LogP contribution in [0.3, 0.4) is 0 Å². The number of carbonyl (C=O) groups is 1. The molecular formula is C31H42Cl2N2O. The Kier molecular flexibility index (Phi) is 11.1. The highest BCUT2D eigenvalue weighted by molar-refractivity contribution is 6.31. The van der Waals surface area contributed by atoms with Gasteiger partial charge in [-0.1, -0.05) is 61.7 Å². The number of Topliss-reactive ketones (excluding diaryl/α,β-unsaturated/α-hetero) is 1. The maximum Gasteiger partial charge on any atom is 0.132 e. The molecule has 0 amide bonds. The van der Waals surface area contributed by atoms with E-state index in [0.29, 0.717) is 42.3 Å². The normalized spacial score (nSPS) is 19.2. The van der Waals surface area contributed by atoms with Crippen LogP contribution in [0.1, 0.15) is 126 Å². The van der Waals surface area contributed by atoms with E-state index in [0.717, 1.165) is 35.7 Å². The first-order valence-corrected chi connectivity index (χ1v) is 15.1. The zero-order valence-electron chi connectivity index (χ0n) is 21.6. The van der Waals surface area contributed by atoms with Gasteiger partial charge in [0.15, 0.2) is 0 Å². The first-order chi connectivity index (χ1) is 17.6. The quantitative estimate of drug-likeness (QED) is 0.275. The number of pyridine rings is 2. The van der Waals surface area contributed by atoms with Gasteiger partial charge in [-0.3, -0.25) is 14.8 Å². The van der Waals surface area contributed by atoms with Crippen LogP contribution in [0.2, 0.25) is 10.0 Å². The number of carbonyl (C=O) groups excluding carboxylic acids is 1. The number of halogens is 2. The second-order valence-corrected chi connectivity index (χ2v) is 11.9. The van der Waals surface area contributed by atoms with Crippen molar-refractivity contribution in [1.82, 2.24) is 9.97 Å². The number of hydrogen-bond donors (Lipinski definition) is 0. The number of aromatic nitrogens is 2. The van der Waals surface area contributed by atoms with Gasteiger partial charge in [0.05, 0.1) is 10.0 Å². The zero-order valence-corrected chi connectivity index (χ0v) is 23.2. The number of ketones is 1. The van der Waals surface area contributed by atoms with E-state index < -0.39 is 0 Å². The fourth-order valence-corrected chi connectivity index (χ4v) is 7.42. The molecule has 0 bridgehead atoms. The van der Waals surface area contributed by atoms with Crippen LogP contribution in [-0.4, -0.2) is 15.8 Å². The first-order valence-electron chi connectivity index (χ1n) is 14.3. The Morgan fingerprint density at radius 1 is 0.722 bits per heavy atom. The summed E-state index contributed by atoms with van der Waals surface area (Å²) in [6.45, 7) is 0. The van der Waals surface area contributed by atoms with Crippen LogP contribution in [0.4, 0.5) is 0 Å². The monoisotopic (exact) mass is 528 g/mol. The predicted molar refractivity (Wildman–Crippen MR) is 150 cm³/mol. The molecule has 2 atom stereocenters. The van der Waals surface area contributed by atoms with Gasteiger partial charge in [0.2, 0.25) is 0 Å². The van der Waals surface area contributed by atoms with E-state index in [9.17, 15) is 4.79 Å². The van der Waals surface area contributed by atoms with Gasteiger partial charge >= 0.3 is 0 Å². The van der Waals surface area contributed by atoms with Crippen molar-refractivity contribution < 1.29 is 4.79 Å². The van der Waals surface area contributed by atoms with Gasteiger partial charge in [-0.25, -0.2) is 0 Å². The lowest BCUT2D eigenvalue weighted by molar-refractivity contribution is -0.119. The van der Waals surface area contributed by atoms with Gasteiger partial charge in [-0.15, -0.1) is 0 Å². The lowest BCUT2D eigenvalue weighted by Gasteiger charge is -2.31. The molecule has 0 radical (unpaired) electrons. The lowest BCUT2D eigenvalue weighted by Crippen LogP contribution is -2.18. The van der Waals surface area contributed by atoms with Gasteiger partial charge in [0, 0.05) is 37.6 Å². The molecule has 2 saturated carbocycles. The van der Waals surface area contributed by atoms with E-state index in [1.807, 2.05) is 12.4 Å². The van der Waals surface area contributed by atoms with E-state index in [4.69, 9.17) is 23.2 Å². The predicted octanol–water partition coefficient (Wildman–Crippen LogP) is 9.72. The third-order valence-corrected chi connectivity index (χ3v) is 9.42. The van der Waals surface area contributed by atoms with E-state index in [2.05, 4.69) is 22.1 Å². The summed E-state index contributed by atoms with van der Waals surface area (Å²) < 4.78 is 0. The molecule has 2 fully saturated rings. The smallest absolute Gasteiger partial charge is 0.132 e. The molecule has 0 N–H and O–H groups in total. The van der Waals surface area contributed by atoms with Crippen molar-refractivity contribution >= 4 is 29.0 Å². The molecule has 196 valence electrons. The van der Waals surface area contributed by atoms with Gasteiger partial charge in [-0.05, 0) is 98.3 Å². The number of hydrogen-bond acceptors (Lipinski definition) is 3. The summed E-state index contributed by atoms with van der Waals surface area (Å²) in [6, 6.07) is 4.19. The summed E-state index contributed by atoms with van der Waals surface area (Å²) in [5, 5.41) is 1.56. The summed E-state index contributed by atoms with van der Waals surface area (Å²) in [6.07, 6.45) is 25.6. The Morgan fingerprint density at radius 2 is 1.14 bits per heavy atom. The molecule has 3 nitrogen and oxygen atoms in total. The topological polar surface area (TPSA) is 42.9 Å². The zero-order chi connectivity index (χ0) is 25.2. The molecule has 0 unspecified atom stereocenters. The molecule has 0 aliphatic heterocycles. The molecule has 4 rings (SSSR count). The minimum absolute atomic E-state index is 0.404. The molecule has 2 aromatic heterocycles. The van der Waals surface area contributed by atoms with Crippen molar-refractivity contribution in [2.75, 3.05) is 0 Å². The Balaban J connectivity index is 1.29. The Labute approximate surface area is 227 Å². The van der Waals surface area contributed by atoms with Crippen molar-refractivity contribution in [3.63, 3.8) is 0 Å². The molecule has 36 heavy (non-hydrogen) atoms. The van der Waals surface area contributed by atoms with Crippen LogP contribution in [0.5, 0.6) is 0 Å². The Morgan fingerprint density at radius 3 is 1.53 bits per heavy atom. The summed E-state index contributed by atoms with van der Waals surface area (Å²) in [5.74, 6) is 2.64. The number of rotatable bonds is 12. The fraction of sp³-hybridized carbons (Fsp3) is 0.645. The highest BCUT2D eigenvalue weighted by atomic mass is 35.5. The summed E-state index contributed by atoms with van der Waals surface area (Å²) in [4.78, 5) is 21.3. The van der Waals surface area contributed by atoms with E-state index in [-0.39, 0.29) is 0 Å². The highest BCUT2D eigenvalue weighted by Crippen LogP contribution is 2.42. The van der Waals surface area contributed by atoms with E-state index in [1.54, 1.807) is 12.4 Å². The van der Waals surface area contributed by atoms with Crippen LogP contribution in [0.25, 0.3) is 0 Å². The molecule has 0 aromatic carbocycles. The number of nitrogens with zero attached hydrogens (tertiary/aromatic N) is 2. The van der Waals surface area contributed by atoms with E-state index >= 15 is 0 Å². The molecule has 2 aliphatic rings. The van der Waals surface area contributed by atoms with Gasteiger partial charge < -0.3 is 0 Å². The molecule has 2 aromatic rings. The summed E-state index contributed by atoms with van der Waals surface area (Å²) >= 11 is 13.1. The summed E-state index contributed by atoms with van der Waals surface area (Å²) in [7, 11) is 0. The average molecular weight is 530 g/mol. The minimum atomic E-state index is 0.404. The molecule has 0 spiro atoms. The fourth-order valence-electron chi connectivity index (χ4n) is 6.90. The first kappa shape index (κ1) is 27.6. The second kappa shape index (κ2) is 14.5. The third kappa shape index (κ3) is 7.78. The molecular weight excluding hydrogens is 487 g/mol. The maximum absolute atomic E-state index is 12.9. The Bertz CT molecular complexity index is 878. The average Bonchev–Trinajstić information content (AvgIpc) is 2.91. The molecule has 5 heteroatoms. The van der Waals surface area contributed by atoms with Crippen molar-refractivity contribution in [3.8, 4) is 0 Å². The minimum Gasteiger partial charge on any atom is -0.300 e. The van der Waals surface area contributed by atoms with Crippen LogP contribution >= 0.6 is 23.2 Å². The molecule has 0 saturated heterocycles. The van der Waals surface area contributed by atoms with Crippen molar-refractivity contribution in [1.29, 1.82) is 0 Å². The van der Waals surface area contributed by atoms with Crippen LogP contribution in [-0.2, 0) is 4.79 Å².